The lowest BCUT2D eigenvalue weighted by molar-refractivity contribution is -0.137. The molecule has 0 unspecified atom stereocenters. The lowest BCUT2D eigenvalue weighted by Crippen LogP contribution is -2.38. The van der Waals surface area contributed by atoms with Crippen LogP contribution in [0.2, 0.25) is 0 Å². The molecule has 26 heavy (non-hydrogen) atoms. The predicted octanol–water partition coefficient (Wildman–Crippen LogP) is 1.48. The van der Waals surface area contributed by atoms with E-state index < -0.39 is 22.0 Å². The van der Waals surface area contributed by atoms with Crippen LogP contribution in [0.1, 0.15) is 31.2 Å². The number of hydrogen-bond acceptors (Lipinski definition) is 4. The summed E-state index contributed by atoms with van der Waals surface area (Å²) in [5, 5.41) is 11.3. The summed E-state index contributed by atoms with van der Waals surface area (Å²) in [5.74, 6) is -0.972. The molecule has 0 atom stereocenters. The van der Waals surface area contributed by atoms with Crippen molar-refractivity contribution in [2.45, 2.75) is 37.1 Å². The molecule has 1 aliphatic rings. The van der Waals surface area contributed by atoms with E-state index in [1.54, 1.807) is 24.3 Å². The van der Waals surface area contributed by atoms with Crippen molar-refractivity contribution >= 4 is 22.0 Å². The van der Waals surface area contributed by atoms with E-state index in [0.717, 1.165) is 19.3 Å². The molecular formula is C17H25N3O5S. The van der Waals surface area contributed by atoms with Crippen molar-refractivity contribution in [3.8, 4) is 0 Å². The van der Waals surface area contributed by atoms with Gasteiger partial charge in [0, 0.05) is 33.2 Å². The number of hydrogen-bond donors (Lipinski definition) is 2. The van der Waals surface area contributed by atoms with Crippen LogP contribution < -0.4 is 5.32 Å². The minimum atomic E-state index is -3.51. The Labute approximate surface area is 153 Å². The molecule has 8 nitrogen and oxygen atoms in total. The van der Waals surface area contributed by atoms with E-state index >= 15 is 0 Å². The Morgan fingerprint density at radius 3 is 2.58 bits per heavy atom. The van der Waals surface area contributed by atoms with E-state index in [1.807, 2.05) is 0 Å². The Morgan fingerprint density at radius 1 is 1.23 bits per heavy atom. The second-order valence-electron chi connectivity index (χ2n) is 6.34. The molecule has 0 saturated carbocycles. The molecule has 0 aromatic heterocycles. The van der Waals surface area contributed by atoms with Gasteiger partial charge < -0.3 is 15.3 Å². The second kappa shape index (κ2) is 9.00. The van der Waals surface area contributed by atoms with Crippen molar-refractivity contribution in [1.82, 2.24) is 14.5 Å². The number of carbonyl (C=O) groups excluding carboxylic acids is 1. The lowest BCUT2D eigenvalue weighted by Gasteiger charge is -2.26. The predicted molar refractivity (Wildman–Crippen MR) is 96.2 cm³/mol. The molecule has 2 rings (SSSR count). The summed E-state index contributed by atoms with van der Waals surface area (Å²) in [4.78, 5) is 24.0. The first-order chi connectivity index (χ1) is 12.3. The molecular weight excluding hydrogens is 358 g/mol. The van der Waals surface area contributed by atoms with E-state index in [4.69, 9.17) is 5.11 Å². The van der Waals surface area contributed by atoms with Crippen molar-refractivity contribution in [3.05, 3.63) is 29.8 Å². The number of benzene rings is 1. The summed E-state index contributed by atoms with van der Waals surface area (Å²) >= 11 is 0. The van der Waals surface area contributed by atoms with Gasteiger partial charge in [0.15, 0.2) is 0 Å². The number of piperidine rings is 1. The minimum absolute atomic E-state index is 0.102. The molecule has 1 heterocycles. The summed E-state index contributed by atoms with van der Waals surface area (Å²) in [6.07, 6.45) is 2.66. The smallest absolute Gasteiger partial charge is 0.317 e. The molecule has 0 bridgehead atoms. The normalized spacial score (nSPS) is 15.4. The molecule has 1 saturated heterocycles. The first-order valence-electron chi connectivity index (χ1n) is 8.60. The van der Waals surface area contributed by atoms with Crippen molar-refractivity contribution in [1.29, 1.82) is 0 Å². The van der Waals surface area contributed by atoms with Gasteiger partial charge in [-0.2, -0.15) is 4.31 Å². The van der Waals surface area contributed by atoms with Gasteiger partial charge in [-0.25, -0.2) is 13.2 Å². The van der Waals surface area contributed by atoms with Crippen LogP contribution in [0.25, 0.3) is 0 Å². The van der Waals surface area contributed by atoms with Gasteiger partial charge in [0.1, 0.15) is 0 Å². The first-order valence-corrected chi connectivity index (χ1v) is 10.0. The third-order valence-corrected chi connectivity index (χ3v) is 6.20. The van der Waals surface area contributed by atoms with Gasteiger partial charge in [-0.3, -0.25) is 4.79 Å². The molecule has 1 aliphatic heterocycles. The Balaban J connectivity index is 1.98. The largest absolute Gasteiger partial charge is 0.481 e. The van der Waals surface area contributed by atoms with Crippen LogP contribution in [-0.4, -0.2) is 61.4 Å². The standard InChI is InChI=1S/C17H25N3O5S/c1-19(11-8-16(21)22)17(23)18-13-14-6-5-7-15(12-14)26(24,25)20-9-3-2-4-10-20/h5-7,12H,2-4,8-11,13H2,1H3,(H,18,23)(H,21,22). The van der Waals surface area contributed by atoms with Crippen LogP contribution >= 0.6 is 0 Å². The highest BCUT2D eigenvalue weighted by Gasteiger charge is 2.25. The fourth-order valence-corrected chi connectivity index (χ4v) is 4.34. The van der Waals surface area contributed by atoms with Crippen molar-refractivity contribution in [3.63, 3.8) is 0 Å². The summed E-state index contributed by atoms with van der Waals surface area (Å²) < 4.78 is 26.9. The first kappa shape index (κ1) is 20.2. The van der Waals surface area contributed by atoms with Crippen LogP contribution in [0.15, 0.2) is 29.2 Å². The van der Waals surface area contributed by atoms with Gasteiger partial charge in [-0.1, -0.05) is 18.6 Å². The maximum Gasteiger partial charge on any atom is 0.317 e. The van der Waals surface area contributed by atoms with Crippen LogP contribution in [0.4, 0.5) is 4.79 Å². The molecule has 0 aliphatic carbocycles. The quantitative estimate of drug-likeness (QED) is 0.742. The Hall–Kier alpha value is -2.13. The number of urea groups is 1. The fraction of sp³-hybridized carbons (Fsp3) is 0.529. The monoisotopic (exact) mass is 383 g/mol. The van der Waals surface area contributed by atoms with Crippen molar-refractivity contribution in [2.24, 2.45) is 0 Å². The molecule has 0 spiro atoms. The topological polar surface area (TPSA) is 107 Å². The Bertz CT molecular complexity index is 745. The minimum Gasteiger partial charge on any atom is -0.481 e. The van der Waals surface area contributed by atoms with Crippen LogP contribution in [0.5, 0.6) is 0 Å². The van der Waals surface area contributed by atoms with Gasteiger partial charge in [0.2, 0.25) is 10.0 Å². The summed E-state index contributed by atoms with van der Waals surface area (Å²) in [6, 6.07) is 6.13. The molecule has 144 valence electrons. The Morgan fingerprint density at radius 2 is 1.92 bits per heavy atom. The van der Waals surface area contributed by atoms with Gasteiger partial charge in [-0.15, -0.1) is 0 Å². The van der Waals surface area contributed by atoms with Crippen LogP contribution in [0.3, 0.4) is 0 Å². The second-order valence-corrected chi connectivity index (χ2v) is 8.27. The van der Waals surface area contributed by atoms with Crippen molar-refractivity contribution < 1.29 is 23.1 Å². The molecule has 1 fully saturated rings. The number of carboxylic acids is 1. The van der Waals surface area contributed by atoms with Gasteiger partial charge in [0.05, 0.1) is 11.3 Å². The summed E-state index contributed by atoms with van der Waals surface area (Å²) in [7, 11) is -2.00. The summed E-state index contributed by atoms with van der Waals surface area (Å²) in [5.41, 5.74) is 0.670. The Kier molecular flexibility index (Phi) is 6.98. The lowest BCUT2D eigenvalue weighted by atomic mass is 10.2. The van der Waals surface area contributed by atoms with E-state index in [0.29, 0.717) is 18.7 Å². The zero-order valence-electron chi connectivity index (χ0n) is 14.8. The highest BCUT2D eigenvalue weighted by molar-refractivity contribution is 7.89. The van der Waals surface area contributed by atoms with Gasteiger partial charge in [-0.05, 0) is 30.5 Å². The number of aliphatic carboxylic acids is 1. The van der Waals surface area contributed by atoms with E-state index in [9.17, 15) is 18.0 Å². The van der Waals surface area contributed by atoms with E-state index in [-0.39, 0.29) is 24.4 Å². The van der Waals surface area contributed by atoms with Crippen LogP contribution in [-0.2, 0) is 21.4 Å². The van der Waals surface area contributed by atoms with E-state index in [1.165, 1.54) is 16.3 Å². The number of nitrogens with zero attached hydrogens (tertiary/aromatic N) is 2. The maximum atomic E-state index is 12.7. The van der Waals surface area contributed by atoms with Gasteiger partial charge in [0.25, 0.3) is 0 Å². The van der Waals surface area contributed by atoms with Crippen molar-refractivity contribution in [2.75, 3.05) is 26.7 Å². The highest BCUT2D eigenvalue weighted by Crippen LogP contribution is 2.21. The molecule has 2 amide bonds. The molecule has 1 aromatic carbocycles. The fourth-order valence-electron chi connectivity index (χ4n) is 2.75. The third kappa shape index (κ3) is 5.43. The molecule has 2 N–H and O–H groups in total. The third-order valence-electron chi connectivity index (χ3n) is 4.30. The average molecular weight is 383 g/mol. The zero-order valence-corrected chi connectivity index (χ0v) is 15.7. The van der Waals surface area contributed by atoms with Crippen LogP contribution in [0, 0.1) is 0 Å². The number of carboxylic acid groups (broad SMARTS) is 1. The number of rotatable bonds is 7. The van der Waals surface area contributed by atoms with E-state index in [2.05, 4.69) is 5.32 Å². The molecule has 9 heteroatoms. The number of amides is 2. The zero-order chi connectivity index (χ0) is 19.2. The molecule has 1 aromatic rings. The average Bonchev–Trinajstić information content (AvgIpc) is 2.65. The van der Waals surface area contributed by atoms with Gasteiger partial charge >= 0.3 is 12.0 Å². The molecule has 0 radical (unpaired) electrons. The number of sulfonamides is 1. The number of nitrogens with one attached hydrogen (secondary N) is 1. The highest BCUT2D eigenvalue weighted by atomic mass is 32.2. The SMILES string of the molecule is CN(CCC(=O)O)C(=O)NCc1cccc(S(=O)(=O)N2CCCCC2)c1. The summed E-state index contributed by atoms with van der Waals surface area (Å²) in [6.45, 7) is 1.35. The maximum absolute atomic E-state index is 12.7. The number of carbonyl (C=O) groups is 2.